The summed E-state index contributed by atoms with van der Waals surface area (Å²) in [5.41, 5.74) is 1.44. The van der Waals surface area contributed by atoms with E-state index in [9.17, 15) is 0 Å². The number of likely N-dealkylation sites (tertiary alicyclic amines) is 1. The molecule has 1 aliphatic heterocycles. The Kier molecular flexibility index (Phi) is 7.71. The smallest absolute Gasteiger partial charge is 0.0230 e. The second-order valence-corrected chi connectivity index (χ2v) is 2.99. The van der Waals surface area contributed by atoms with Gasteiger partial charge in [-0.3, -0.25) is 4.90 Å². The zero-order valence-electron chi connectivity index (χ0n) is 9.51. The fourth-order valence-electron chi connectivity index (χ4n) is 1.25. The lowest BCUT2D eigenvalue weighted by Crippen LogP contribution is -2.38. The van der Waals surface area contributed by atoms with Gasteiger partial charge >= 0.3 is 0 Å². The van der Waals surface area contributed by atoms with Gasteiger partial charge in [0.2, 0.25) is 0 Å². The average molecular weight is 181 g/mol. The van der Waals surface area contributed by atoms with E-state index in [4.69, 9.17) is 0 Å². The third-order valence-electron chi connectivity index (χ3n) is 2.11. The Balaban J connectivity index is 0.000000671. The van der Waals surface area contributed by atoms with E-state index in [2.05, 4.69) is 37.0 Å². The molecule has 0 aromatic carbocycles. The van der Waals surface area contributed by atoms with Crippen LogP contribution in [-0.2, 0) is 0 Å². The molecule has 0 aromatic rings. The number of nitrogens with zero attached hydrogens (tertiary/aromatic N) is 1. The predicted molar refractivity (Wildman–Crippen MR) is 61.0 cm³/mol. The standard InChI is InChI=1S/C10H17N.C2H6/c1-3-6-10(4-2)9-11-7-5-8-11;1-2/h3-4,6H,5,7-9H2,1-2H3;1-2H3/b6-3-,10-4+;. The summed E-state index contributed by atoms with van der Waals surface area (Å²) in [6.45, 7) is 11.9. The number of hydrogen-bond donors (Lipinski definition) is 0. The largest absolute Gasteiger partial charge is 0.299 e. The summed E-state index contributed by atoms with van der Waals surface area (Å²) in [7, 11) is 0. The first-order valence-electron chi connectivity index (χ1n) is 5.37. The third-order valence-corrected chi connectivity index (χ3v) is 2.11. The maximum Gasteiger partial charge on any atom is 0.0230 e. The van der Waals surface area contributed by atoms with Crippen LogP contribution in [0.1, 0.15) is 34.1 Å². The molecular weight excluding hydrogens is 158 g/mol. The Morgan fingerprint density at radius 1 is 1.23 bits per heavy atom. The molecule has 0 spiro atoms. The van der Waals surface area contributed by atoms with E-state index < -0.39 is 0 Å². The van der Waals surface area contributed by atoms with Crippen molar-refractivity contribution in [2.75, 3.05) is 19.6 Å². The first-order valence-corrected chi connectivity index (χ1v) is 5.37. The van der Waals surface area contributed by atoms with Gasteiger partial charge in [-0.05, 0) is 38.9 Å². The van der Waals surface area contributed by atoms with Crippen molar-refractivity contribution in [2.24, 2.45) is 0 Å². The van der Waals surface area contributed by atoms with Gasteiger partial charge in [0.05, 0.1) is 0 Å². The van der Waals surface area contributed by atoms with Gasteiger partial charge in [-0.25, -0.2) is 0 Å². The van der Waals surface area contributed by atoms with E-state index in [0.717, 1.165) is 6.54 Å². The Morgan fingerprint density at radius 3 is 2.15 bits per heavy atom. The first-order chi connectivity index (χ1) is 6.36. The number of allylic oxidation sites excluding steroid dienone is 2. The van der Waals surface area contributed by atoms with Gasteiger partial charge in [-0.1, -0.05) is 32.1 Å². The van der Waals surface area contributed by atoms with Crippen LogP contribution in [0.25, 0.3) is 0 Å². The quantitative estimate of drug-likeness (QED) is 0.604. The van der Waals surface area contributed by atoms with E-state index in [0.29, 0.717) is 0 Å². The fourth-order valence-corrected chi connectivity index (χ4v) is 1.25. The van der Waals surface area contributed by atoms with E-state index in [-0.39, 0.29) is 0 Å². The van der Waals surface area contributed by atoms with E-state index >= 15 is 0 Å². The van der Waals surface area contributed by atoms with Crippen molar-refractivity contribution in [1.29, 1.82) is 0 Å². The minimum atomic E-state index is 1.14. The SMILES string of the molecule is C/C=C\C(=C/C)CN1CCC1.CC. The Morgan fingerprint density at radius 2 is 1.85 bits per heavy atom. The van der Waals surface area contributed by atoms with Crippen molar-refractivity contribution in [3.8, 4) is 0 Å². The van der Waals surface area contributed by atoms with Gasteiger partial charge < -0.3 is 0 Å². The van der Waals surface area contributed by atoms with Crippen LogP contribution in [0.5, 0.6) is 0 Å². The molecule has 0 unspecified atom stereocenters. The zero-order chi connectivity index (χ0) is 10.1. The van der Waals surface area contributed by atoms with Gasteiger partial charge in [-0.15, -0.1) is 0 Å². The summed E-state index contributed by atoms with van der Waals surface area (Å²) in [5.74, 6) is 0. The molecule has 76 valence electrons. The van der Waals surface area contributed by atoms with Crippen molar-refractivity contribution < 1.29 is 0 Å². The molecule has 0 atom stereocenters. The molecule has 1 heterocycles. The molecule has 0 saturated carbocycles. The molecule has 0 bridgehead atoms. The predicted octanol–water partition coefficient (Wildman–Crippen LogP) is 3.24. The highest BCUT2D eigenvalue weighted by Crippen LogP contribution is 2.09. The Labute approximate surface area is 83.1 Å². The highest BCUT2D eigenvalue weighted by Gasteiger charge is 2.12. The van der Waals surface area contributed by atoms with Gasteiger partial charge in [-0.2, -0.15) is 0 Å². The normalized spacial score (nSPS) is 18.0. The van der Waals surface area contributed by atoms with Gasteiger partial charge in [0, 0.05) is 6.54 Å². The lowest BCUT2D eigenvalue weighted by atomic mass is 10.1. The van der Waals surface area contributed by atoms with Crippen molar-refractivity contribution in [2.45, 2.75) is 34.1 Å². The molecule has 0 N–H and O–H groups in total. The average Bonchev–Trinajstić information content (AvgIpc) is 2.12. The van der Waals surface area contributed by atoms with E-state index in [1.165, 1.54) is 25.1 Å². The summed E-state index contributed by atoms with van der Waals surface area (Å²) < 4.78 is 0. The highest BCUT2D eigenvalue weighted by atomic mass is 15.2. The monoisotopic (exact) mass is 181 g/mol. The fraction of sp³-hybridized carbons (Fsp3) is 0.667. The lowest BCUT2D eigenvalue weighted by Gasteiger charge is -2.30. The second-order valence-electron chi connectivity index (χ2n) is 2.99. The molecule has 0 aromatic heterocycles. The Bertz CT molecular complexity index is 164. The van der Waals surface area contributed by atoms with Gasteiger partial charge in [0.1, 0.15) is 0 Å². The molecule has 0 amide bonds. The van der Waals surface area contributed by atoms with Crippen LogP contribution in [0.3, 0.4) is 0 Å². The maximum atomic E-state index is 2.47. The Hall–Kier alpha value is -0.560. The summed E-state index contributed by atoms with van der Waals surface area (Å²) in [6, 6.07) is 0. The van der Waals surface area contributed by atoms with Crippen LogP contribution >= 0.6 is 0 Å². The minimum Gasteiger partial charge on any atom is -0.299 e. The van der Waals surface area contributed by atoms with Gasteiger partial charge in [0.15, 0.2) is 0 Å². The van der Waals surface area contributed by atoms with Crippen LogP contribution in [0.2, 0.25) is 0 Å². The lowest BCUT2D eigenvalue weighted by molar-refractivity contribution is 0.200. The number of hydrogen-bond acceptors (Lipinski definition) is 1. The minimum absolute atomic E-state index is 1.14. The summed E-state index contributed by atoms with van der Waals surface area (Å²) in [6.07, 6.45) is 7.87. The van der Waals surface area contributed by atoms with E-state index in [1.54, 1.807) is 0 Å². The molecular formula is C12H23N. The molecule has 1 heteroatoms. The van der Waals surface area contributed by atoms with Crippen molar-refractivity contribution in [1.82, 2.24) is 4.90 Å². The van der Waals surface area contributed by atoms with Crippen LogP contribution in [0.4, 0.5) is 0 Å². The summed E-state index contributed by atoms with van der Waals surface area (Å²) >= 11 is 0. The van der Waals surface area contributed by atoms with Crippen molar-refractivity contribution in [3.63, 3.8) is 0 Å². The molecule has 1 fully saturated rings. The molecule has 0 radical (unpaired) electrons. The molecule has 1 nitrogen and oxygen atoms in total. The van der Waals surface area contributed by atoms with Crippen LogP contribution < -0.4 is 0 Å². The molecule has 0 aliphatic carbocycles. The summed E-state index contributed by atoms with van der Waals surface area (Å²) in [5, 5.41) is 0. The maximum absolute atomic E-state index is 2.47. The molecule has 1 saturated heterocycles. The molecule has 13 heavy (non-hydrogen) atoms. The van der Waals surface area contributed by atoms with Crippen molar-refractivity contribution >= 4 is 0 Å². The van der Waals surface area contributed by atoms with Crippen LogP contribution in [0, 0.1) is 0 Å². The van der Waals surface area contributed by atoms with Gasteiger partial charge in [0.25, 0.3) is 0 Å². The van der Waals surface area contributed by atoms with Crippen LogP contribution in [0.15, 0.2) is 23.8 Å². The van der Waals surface area contributed by atoms with E-state index in [1.807, 2.05) is 13.8 Å². The number of rotatable bonds is 3. The zero-order valence-corrected chi connectivity index (χ0v) is 9.51. The topological polar surface area (TPSA) is 3.24 Å². The first kappa shape index (κ1) is 12.4. The molecule has 1 rings (SSSR count). The van der Waals surface area contributed by atoms with Crippen LogP contribution in [-0.4, -0.2) is 24.5 Å². The van der Waals surface area contributed by atoms with Crippen molar-refractivity contribution in [3.05, 3.63) is 23.8 Å². The summed E-state index contributed by atoms with van der Waals surface area (Å²) in [4.78, 5) is 2.47. The molecule has 1 aliphatic rings. The second kappa shape index (κ2) is 8.06. The highest BCUT2D eigenvalue weighted by molar-refractivity contribution is 5.19. The third kappa shape index (κ3) is 4.89.